The lowest BCUT2D eigenvalue weighted by molar-refractivity contribution is 1.42. The van der Waals surface area contributed by atoms with Gasteiger partial charge in [-0.3, -0.25) is 4.74 Å². The molecule has 1 rings (SSSR count). The van der Waals surface area contributed by atoms with Crippen LogP contribution in [0.5, 0.6) is 0 Å². The lowest BCUT2D eigenvalue weighted by Gasteiger charge is -2.26. The lowest BCUT2D eigenvalue weighted by atomic mass is 11.0. The Morgan fingerprint density at radius 1 is 1.71 bits per heavy atom. The molecule has 0 spiro atoms. The average molecular weight is 135 g/mol. The van der Waals surface area contributed by atoms with Crippen molar-refractivity contribution in [1.29, 1.82) is 0 Å². The number of rotatable bonds is 0. The first-order valence-electron chi connectivity index (χ1n) is 2.38. The van der Waals surface area contributed by atoms with Crippen LogP contribution in [0.3, 0.4) is 0 Å². The SMILES string of the molecule is CN=P1(C)CCS1. The molecule has 1 fully saturated rings. The van der Waals surface area contributed by atoms with Gasteiger partial charge in [-0.05, 0) is 6.66 Å². The van der Waals surface area contributed by atoms with E-state index in [0.717, 1.165) is 0 Å². The molecule has 3 heteroatoms. The molecule has 0 amide bonds. The van der Waals surface area contributed by atoms with Gasteiger partial charge < -0.3 is 0 Å². The summed E-state index contributed by atoms with van der Waals surface area (Å²) in [6, 6.07) is 0. The molecule has 0 aliphatic carbocycles. The van der Waals surface area contributed by atoms with Crippen molar-refractivity contribution in [2.45, 2.75) is 0 Å². The van der Waals surface area contributed by atoms with E-state index in [2.05, 4.69) is 22.8 Å². The fraction of sp³-hybridized carbons (Fsp3) is 1.00. The molecule has 1 unspecified atom stereocenters. The van der Waals surface area contributed by atoms with Crippen LogP contribution < -0.4 is 0 Å². The normalized spacial score (nSPS) is 39.7. The van der Waals surface area contributed by atoms with Gasteiger partial charge in [-0.1, -0.05) is 0 Å². The van der Waals surface area contributed by atoms with Crippen LogP contribution in [-0.4, -0.2) is 25.6 Å². The molecule has 1 heterocycles. The third kappa shape index (κ3) is 1.03. The second-order valence-corrected chi connectivity index (χ2v) is 8.56. The highest BCUT2D eigenvalue weighted by atomic mass is 32.7. The average Bonchev–Trinajstić information content (AvgIpc) is 1.61. The molecule has 1 aliphatic heterocycles. The minimum atomic E-state index is -0.682. The van der Waals surface area contributed by atoms with Crippen LogP contribution in [0.15, 0.2) is 4.74 Å². The fourth-order valence-electron chi connectivity index (χ4n) is 0.513. The van der Waals surface area contributed by atoms with Crippen molar-refractivity contribution < 1.29 is 0 Å². The van der Waals surface area contributed by atoms with Crippen molar-refractivity contribution in [2.24, 2.45) is 4.74 Å². The summed E-state index contributed by atoms with van der Waals surface area (Å²) < 4.78 is 4.30. The maximum atomic E-state index is 4.30. The standard InChI is InChI=1S/C4H10NPS/c1-5-6(2)3-4-7-6/h3-4H2,1-2H3. The quantitative estimate of drug-likeness (QED) is 0.463. The lowest BCUT2D eigenvalue weighted by Crippen LogP contribution is -1.99. The van der Waals surface area contributed by atoms with Crippen LogP contribution in [-0.2, 0) is 0 Å². The molecule has 0 aromatic carbocycles. The highest BCUT2D eigenvalue weighted by Gasteiger charge is 2.20. The van der Waals surface area contributed by atoms with Gasteiger partial charge in [0.2, 0.25) is 0 Å². The first kappa shape index (κ1) is 5.71. The predicted molar refractivity (Wildman–Crippen MR) is 38.5 cm³/mol. The van der Waals surface area contributed by atoms with E-state index in [1.807, 2.05) is 7.05 Å². The zero-order valence-electron chi connectivity index (χ0n) is 4.72. The minimum Gasteiger partial charge on any atom is -0.296 e. The summed E-state index contributed by atoms with van der Waals surface area (Å²) in [4.78, 5) is 0. The summed E-state index contributed by atoms with van der Waals surface area (Å²) in [6.07, 6.45) is 0.701. The number of hydrogen-bond acceptors (Lipinski definition) is 2. The van der Waals surface area contributed by atoms with Crippen molar-refractivity contribution in [2.75, 3.05) is 25.6 Å². The van der Waals surface area contributed by atoms with Gasteiger partial charge in [0.25, 0.3) is 0 Å². The Hall–Kier alpha value is 0.580. The van der Waals surface area contributed by atoms with Gasteiger partial charge >= 0.3 is 0 Å². The van der Waals surface area contributed by atoms with Crippen molar-refractivity contribution >= 4 is 17.6 Å². The highest BCUT2D eigenvalue weighted by Crippen LogP contribution is 2.66. The summed E-state index contributed by atoms with van der Waals surface area (Å²) in [5.74, 6) is 1.35. The van der Waals surface area contributed by atoms with Crippen molar-refractivity contribution in [3.63, 3.8) is 0 Å². The Kier molecular flexibility index (Phi) is 1.49. The molecule has 1 saturated heterocycles. The Bertz CT molecular complexity index is 113. The zero-order valence-corrected chi connectivity index (χ0v) is 6.43. The molecule has 0 bridgehead atoms. The summed E-state index contributed by atoms with van der Waals surface area (Å²) in [5, 5.41) is 0. The molecule has 0 radical (unpaired) electrons. The molecule has 1 nitrogen and oxygen atoms in total. The van der Waals surface area contributed by atoms with Gasteiger partial charge in [0.1, 0.15) is 0 Å². The highest BCUT2D eigenvalue weighted by molar-refractivity contribution is 8.61. The first-order chi connectivity index (χ1) is 3.27. The van der Waals surface area contributed by atoms with Crippen molar-refractivity contribution in [1.82, 2.24) is 0 Å². The molecule has 0 aromatic heterocycles. The zero-order chi connectivity index (χ0) is 5.33. The largest absolute Gasteiger partial charge is 0.296 e. The van der Waals surface area contributed by atoms with Gasteiger partial charge in [-0.25, -0.2) is 0 Å². The van der Waals surface area contributed by atoms with Crippen LogP contribution in [0.4, 0.5) is 0 Å². The third-order valence-corrected chi connectivity index (χ3v) is 7.70. The summed E-state index contributed by atoms with van der Waals surface area (Å²) in [7, 11) is 1.94. The Balaban J connectivity index is 2.61. The second kappa shape index (κ2) is 1.83. The van der Waals surface area contributed by atoms with E-state index in [-0.39, 0.29) is 0 Å². The van der Waals surface area contributed by atoms with E-state index in [1.54, 1.807) is 0 Å². The minimum absolute atomic E-state index is 0.682. The van der Waals surface area contributed by atoms with Crippen LogP contribution in [0.2, 0.25) is 0 Å². The van der Waals surface area contributed by atoms with E-state index < -0.39 is 6.26 Å². The van der Waals surface area contributed by atoms with Crippen molar-refractivity contribution in [3.05, 3.63) is 0 Å². The number of hydrogen-bond donors (Lipinski definition) is 0. The molecular formula is C4H10NPS. The summed E-state index contributed by atoms with van der Waals surface area (Å²) in [5.41, 5.74) is 0. The van der Waals surface area contributed by atoms with Crippen LogP contribution >= 0.6 is 17.6 Å². The van der Waals surface area contributed by atoms with Gasteiger partial charge in [-0.15, -0.1) is 11.4 Å². The van der Waals surface area contributed by atoms with E-state index in [9.17, 15) is 0 Å². The molecule has 42 valence electrons. The number of nitrogens with zero attached hydrogens (tertiary/aromatic N) is 1. The van der Waals surface area contributed by atoms with E-state index in [0.29, 0.717) is 0 Å². The molecule has 0 saturated carbocycles. The van der Waals surface area contributed by atoms with Gasteiger partial charge in [-0.2, -0.15) is 0 Å². The molecular weight excluding hydrogens is 125 g/mol. The predicted octanol–water partition coefficient (Wildman–Crippen LogP) is 2.11. The molecule has 1 aliphatic rings. The molecule has 0 N–H and O–H groups in total. The maximum Gasteiger partial charge on any atom is 0.0271 e. The van der Waals surface area contributed by atoms with Gasteiger partial charge in [0, 0.05) is 25.2 Å². The Morgan fingerprint density at radius 3 is 2.29 bits per heavy atom. The third-order valence-electron chi connectivity index (χ3n) is 1.30. The maximum absolute atomic E-state index is 4.30. The first-order valence-corrected chi connectivity index (χ1v) is 6.35. The van der Waals surface area contributed by atoms with E-state index in [1.165, 1.54) is 11.9 Å². The topological polar surface area (TPSA) is 12.4 Å². The summed E-state index contributed by atoms with van der Waals surface area (Å²) >= 11 is 2.05. The molecule has 7 heavy (non-hydrogen) atoms. The van der Waals surface area contributed by atoms with Crippen LogP contribution in [0.25, 0.3) is 0 Å². The van der Waals surface area contributed by atoms with Crippen molar-refractivity contribution in [3.8, 4) is 0 Å². The fourth-order valence-corrected chi connectivity index (χ4v) is 4.02. The smallest absolute Gasteiger partial charge is 0.0271 e. The van der Waals surface area contributed by atoms with Crippen LogP contribution in [0.1, 0.15) is 0 Å². The Labute approximate surface area is 48.7 Å². The molecule has 1 atom stereocenters. The summed E-state index contributed by atoms with van der Waals surface area (Å²) in [6.45, 7) is 2.29. The monoisotopic (exact) mass is 135 g/mol. The van der Waals surface area contributed by atoms with Gasteiger partial charge in [0.05, 0.1) is 0 Å². The van der Waals surface area contributed by atoms with Gasteiger partial charge in [0.15, 0.2) is 0 Å². The van der Waals surface area contributed by atoms with E-state index in [4.69, 9.17) is 0 Å². The Morgan fingerprint density at radius 2 is 2.29 bits per heavy atom. The van der Waals surface area contributed by atoms with Crippen LogP contribution in [0, 0.1) is 0 Å². The second-order valence-electron chi connectivity index (χ2n) is 1.81. The van der Waals surface area contributed by atoms with E-state index >= 15 is 0 Å². The molecule has 0 aromatic rings.